The van der Waals surface area contributed by atoms with Crippen LogP contribution in [0.2, 0.25) is 0 Å². The lowest BCUT2D eigenvalue weighted by atomic mass is 10.0. The SMILES string of the molecule is COC(=O)c1ccc2cc(OC(C)=O)c(C(=O)O)cc2c1. The smallest absolute Gasteiger partial charge is 0.339 e. The molecule has 0 aliphatic carbocycles. The Labute approximate surface area is 119 Å². The summed E-state index contributed by atoms with van der Waals surface area (Å²) >= 11 is 0. The molecule has 0 atom stereocenters. The second-order valence-corrected chi connectivity index (χ2v) is 4.30. The topological polar surface area (TPSA) is 89.9 Å². The molecule has 108 valence electrons. The fourth-order valence-corrected chi connectivity index (χ4v) is 1.93. The lowest BCUT2D eigenvalue weighted by molar-refractivity contribution is -0.131. The van der Waals surface area contributed by atoms with E-state index in [2.05, 4.69) is 4.74 Å². The summed E-state index contributed by atoms with van der Waals surface area (Å²) in [5.41, 5.74) is 0.154. The van der Waals surface area contributed by atoms with E-state index in [4.69, 9.17) is 4.74 Å². The van der Waals surface area contributed by atoms with Gasteiger partial charge in [0.2, 0.25) is 0 Å². The van der Waals surface area contributed by atoms with E-state index in [1.807, 2.05) is 0 Å². The third-order valence-corrected chi connectivity index (χ3v) is 2.84. The summed E-state index contributed by atoms with van der Waals surface area (Å²) < 4.78 is 9.52. The molecule has 0 aliphatic heterocycles. The molecule has 0 aliphatic rings. The first kappa shape index (κ1) is 14.5. The van der Waals surface area contributed by atoms with Crippen LogP contribution in [-0.2, 0) is 9.53 Å². The van der Waals surface area contributed by atoms with Crippen molar-refractivity contribution in [3.63, 3.8) is 0 Å². The average Bonchev–Trinajstić information content (AvgIpc) is 2.44. The van der Waals surface area contributed by atoms with Crippen LogP contribution in [0, 0.1) is 0 Å². The van der Waals surface area contributed by atoms with Gasteiger partial charge < -0.3 is 14.6 Å². The molecular formula is C15H12O6. The number of fused-ring (bicyclic) bond motifs is 1. The van der Waals surface area contributed by atoms with Crippen LogP contribution in [0.25, 0.3) is 10.8 Å². The predicted octanol–water partition coefficient (Wildman–Crippen LogP) is 2.25. The van der Waals surface area contributed by atoms with Crippen molar-refractivity contribution in [1.29, 1.82) is 0 Å². The van der Waals surface area contributed by atoms with Crippen molar-refractivity contribution in [2.24, 2.45) is 0 Å². The van der Waals surface area contributed by atoms with E-state index in [0.29, 0.717) is 16.3 Å². The van der Waals surface area contributed by atoms with Gasteiger partial charge in [0.15, 0.2) is 0 Å². The maximum Gasteiger partial charge on any atom is 0.339 e. The molecule has 2 rings (SSSR count). The fourth-order valence-electron chi connectivity index (χ4n) is 1.93. The van der Waals surface area contributed by atoms with Crippen molar-refractivity contribution >= 4 is 28.7 Å². The van der Waals surface area contributed by atoms with Gasteiger partial charge in [-0.2, -0.15) is 0 Å². The summed E-state index contributed by atoms with van der Waals surface area (Å²) in [5, 5.41) is 10.4. The quantitative estimate of drug-likeness (QED) is 0.688. The molecule has 0 fully saturated rings. The molecule has 2 aromatic rings. The van der Waals surface area contributed by atoms with Crippen molar-refractivity contribution in [2.45, 2.75) is 6.92 Å². The molecule has 0 radical (unpaired) electrons. The first-order chi connectivity index (χ1) is 9.92. The third kappa shape index (κ3) is 3.00. The Kier molecular flexibility index (Phi) is 3.89. The first-order valence-corrected chi connectivity index (χ1v) is 6.00. The Hall–Kier alpha value is -2.89. The highest BCUT2D eigenvalue weighted by molar-refractivity contribution is 6.01. The Balaban J connectivity index is 2.63. The molecule has 21 heavy (non-hydrogen) atoms. The largest absolute Gasteiger partial charge is 0.478 e. The van der Waals surface area contributed by atoms with E-state index < -0.39 is 17.9 Å². The number of hydrogen-bond donors (Lipinski definition) is 1. The highest BCUT2D eigenvalue weighted by Gasteiger charge is 2.15. The van der Waals surface area contributed by atoms with Crippen LogP contribution in [0.15, 0.2) is 30.3 Å². The van der Waals surface area contributed by atoms with Gasteiger partial charge >= 0.3 is 17.9 Å². The van der Waals surface area contributed by atoms with Gasteiger partial charge in [-0.3, -0.25) is 4.79 Å². The average molecular weight is 288 g/mol. The van der Waals surface area contributed by atoms with Crippen molar-refractivity contribution < 1.29 is 29.0 Å². The van der Waals surface area contributed by atoms with E-state index >= 15 is 0 Å². The van der Waals surface area contributed by atoms with Crippen molar-refractivity contribution in [1.82, 2.24) is 0 Å². The zero-order chi connectivity index (χ0) is 15.6. The Morgan fingerprint density at radius 3 is 2.33 bits per heavy atom. The highest BCUT2D eigenvalue weighted by atomic mass is 16.5. The van der Waals surface area contributed by atoms with Gasteiger partial charge in [0, 0.05) is 6.92 Å². The van der Waals surface area contributed by atoms with E-state index in [0.717, 1.165) is 0 Å². The first-order valence-electron chi connectivity index (χ1n) is 6.00. The van der Waals surface area contributed by atoms with Gasteiger partial charge in [0.05, 0.1) is 12.7 Å². The maximum absolute atomic E-state index is 11.5. The van der Waals surface area contributed by atoms with E-state index in [-0.39, 0.29) is 11.3 Å². The molecule has 0 heterocycles. The number of esters is 2. The van der Waals surface area contributed by atoms with Gasteiger partial charge in [-0.1, -0.05) is 6.07 Å². The lowest BCUT2D eigenvalue weighted by Crippen LogP contribution is -2.07. The molecule has 6 nitrogen and oxygen atoms in total. The number of carbonyl (C=O) groups is 3. The third-order valence-electron chi connectivity index (χ3n) is 2.84. The summed E-state index contributed by atoms with van der Waals surface area (Å²) in [7, 11) is 1.26. The molecule has 0 saturated heterocycles. The van der Waals surface area contributed by atoms with Gasteiger partial charge in [-0.05, 0) is 35.0 Å². The maximum atomic E-state index is 11.5. The molecule has 2 aromatic carbocycles. The number of benzene rings is 2. The normalized spacial score (nSPS) is 10.2. The number of rotatable bonds is 3. The number of carboxylic acid groups (broad SMARTS) is 1. The highest BCUT2D eigenvalue weighted by Crippen LogP contribution is 2.27. The number of hydrogen-bond acceptors (Lipinski definition) is 5. The van der Waals surface area contributed by atoms with E-state index in [1.165, 1.54) is 32.2 Å². The molecule has 0 unspecified atom stereocenters. The molecule has 0 saturated carbocycles. The molecule has 0 spiro atoms. The monoisotopic (exact) mass is 288 g/mol. The summed E-state index contributed by atoms with van der Waals surface area (Å²) in [6, 6.07) is 7.49. The minimum Gasteiger partial charge on any atom is -0.478 e. The summed E-state index contributed by atoms with van der Waals surface area (Å²) in [6.45, 7) is 1.19. The van der Waals surface area contributed by atoms with Crippen molar-refractivity contribution in [2.75, 3.05) is 7.11 Å². The molecule has 1 N–H and O–H groups in total. The summed E-state index contributed by atoms with van der Waals surface area (Å²) in [4.78, 5) is 33.7. The number of methoxy groups -OCH3 is 1. The minimum atomic E-state index is -1.23. The number of ether oxygens (including phenoxy) is 2. The summed E-state index contributed by atoms with van der Waals surface area (Å²) in [6.07, 6.45) is 0. The molecule has 0 aromatic heterocycles. The molecule has 0 amide bonds. The number of carboxylic acids is 1. The van der Waals surface area contributed by atoms with Crippen LogP contribution in [0.5, 0.6) is 5.75 Å². The van der Waals surface area contributed by atoms with E-state index in [1.54, 1.807) is 12.1 Å². The zero-order valence-electron chi connectivity index (χ0n) is 11.4. The minimum absolute atomic E-state index is 0.0340. The summed E-state index contributed by atoms with van der Waals surface area (Å²) in [5.74, 6) is -2.38. The van der Waals surface area contributed by atoms with Crippen LogP contribution in [0.4, 0.5) is 0 Å². The Morgan fingerprint density at radius 1 is 1.05 bits per heavy atom. The second kappa shape index (κ2) is 5.62. The molecule has 6 heteroatoms. The van der Waals surface area contributed by atoms with Crippen molar-refractivity contribution in [3.05, 3.63) is 41.5 Å². The van der Waals surface area contributed by atoms with Gasteiger partial charge in [0.25, 0.3) is 0 Å². The predicted molar refractivity (Wildman–Crippen MR) is 73.6 cm³/mol. The second-order valence-electron chi connectivity index (χ2n) is 4.30. The standard InChI is InChI=1S/C15H12O6/c1-8(16)21-13-7-9-3-4-10(15(19)20-2)5-11(9)6-12(13)14(17)18/h3-7H,1-2H3,(H,17,18). The molecule has 0 bridgehead atoms. The lowest BCUT2D eigenvalue weighted by Gasteiger charge is -2.09. The van der Waals surface area contributed by atoms with Gasteiger partial charge in [-0.15, -0.1) is 0 Å². The van der Waals surface area contributed by atoms with Gasteiger partial charge in [0.1, 0.15) is 11.3 Å². The van der Waals surface area contributed by atoms with Crippen LogP contribution >= 0.6 is 0 Å². The molecular weight excluding hydrogens is 276 g/mol. The van der Waals surface area contributed by atoms with Crippen LogP contribution in [0.3, 0.4) is 0 Å². The fraction of sp³-hybridized carbons (Fsp3) is 0.133. The van der Waals surface area contributed by atoms with Crippen LogP contribution < -0.4 is 4.74 Å². The van der Waals surface area contributed by atoms with Crippen LogP contribution in [0.1, 0.15) is 27.6 Å². The van der Waals surface area contributed by atoms with Crippen LogP contribution in [-0.4, -0.2) is 30.1 Å². The zero-order valence-corrected chi connectivity index (χ0v) is 11.4. The number of aromatic carboxylic acids is 1. The van der Waals surface area contributed by atoms with Gasteiger partial charge in [-0.25, -0.2) is 9.59 Å². The Bertz CT molecular complexity index is 747. The van der Waals surface area contributed by atoms with E-state index in [9.17, 15) is 19.5 Å². The van der Waals surface area contributed by atoms with Crippen molar-refractivity contribution in [3.8, 4) is 5.75 Å². The Morgan fingerprint density at radius 2 is 1.76 bits per heavy atom. The number of carbonyl (C=O) groups excluding carboxylic acids is 2.